The Bertz CT molecular complexity index is 435. The number of rotatable bonds is 5. The lowest BCUT2D eigenvalue weighted by atomic mass is 9.64. The van der Waals surface area contributed by atoms with E-state index in [-0.39, 0.29) is 23.5 Å². The molecule has 1 saturated carbocycles. The Morgan fingerprint density at radius 3 is 2.39 bits per heavy atom. The lowest BCUT2D eigenvalue weighted by Crippen LogP contribution is -2.45. The predicted octanol–water partition coefficient (Wildman–Crippen LogP) is 2.20. The highest BCUT2D eigenvalue weighted by atomic mass is 16.2. The van der Waals surface area contributed by atoms with Gasteiger partial charge in [0.1, 0.15) is 5.78 Å². The van der Waals surface area contributed by atoms with Gasteiger partial charge in [0.05, 0.1) is 6.42 Å². The fourth-order valence-corrected chi connectivity index (χ4v) is 2.52. The molecule has 0 bridgehead atoms. The molecule has 0 atom stereocenters. The molecule has 0 aromatic heterocycles. The molecule has 1 aromatic rings. The van der Waals surface area contributed by atoms with Gasteiger partial charge in [-0.3, -0.25) is 9.59 Å². The van der Waals surface area contributed by atoms with E-state index in [9.17, 15) is 9.59 Å². The number of hydrogen-bond acceptors (Lipinski definition) is 2. The van der Waals surface area contributed by atoms with Gasteiger partial charge in [-0.2, -0.15) is 0 Å². The summed E-state index contributed by atoms with van der Waals surface area (Å²) in [7, 11) is 0. The van der Waals surface area contributed by atoms with Crippen LogP contribution in [0.5, 0.6) is 0 Å². The van der Waals surface area contributed by atoms with Crippen LogP contribution in [0.2, 0.25) is 0 Å². The Morgan fingerprint density at radius 1 is 1.22 bits per heavy atom. The van der Waals surface area contributed by atoms with Crippen LogP contribution >= 0.6 is 0 Å². The lowest BCUT2D eigenvalue weighted by Gasteiger charge is -2.42. The number of nitrogens with one attached hydrogen (secondary N) is 1. The molecule has 0 radical (unpaired) electrons. The molecule has 18 heavy (non-hydrogen) atoms. The quantitative estimate of drug-likeness (QED) is 0.808. The van der Waals surface area contributed by atoms with Crippen LogP contribution < -0.4 is 5.32 Å². The van der Waals surface area contributed by atoms with Crippen molar-refractivity contribution in [1.29, 1.82) is 0 Å². The van der Waals surface area contributed by atoms with Crippen LogP contribution in [0.3, 0.4) is 0 Å². The van der Waals surface area contributed by atoms with E-state index < -0.39 is 0 Å². The summed E-state index contributed by atoms with van der Waals surface area (Å²) in [4.78, 5) is 22.4. The number of benzene rings is 1. The highest BCUT2D eigenvalue weighted by molar-refractivity contribution is 5.96. The van der Waals surface area contributed by atoms with E-state index in [2.05, 4.69) is 17.4 Å². The van der Waals surface area contributed by atoms with Crippen LogP contribution in [0.15, 0.2) is 30.3 Å². The van der Waals surface area contributed by atoms with Gasteiger partial charge in [-0.25, -0.2) is 0 Å². The molecule has 3 heteroatoms. The Labute approximate surface area is 108 Å². The first-order valence-electron chi connectivity index (χ1n) is 6.44. The maximum atomic E-state index is 11.5. The smallest absolute Gasteiger partial charge is 0.227 e. The van der Waals surface area contributed by atoms with Crippen molar-refractivity contribution >= 4 is 11.7 Å². The second kappa shape index (κ2) is 5.34. The van der Waals surface area contributed by atoms with E-state index in [0.717, 1.165) is 12.8 Å². The molecule has 1 amide bonds. The Balaban J connectivity index is 1.98. The third-order valence-corrected chi connectivity index (χ3v) is 3.73. The summed E-state index contributed by atoms with van der Waals surface area (Å²) in [5.74, 6) is -0.250. The highest BCUT2D eigenvalue weighted by Gasteiger charge is 2.38. The topological polar surface area (TPSA) is 46.2 Å². The summed E-state index contributed by atoms with van der Waals surface area (Å²) in [6, 6.07) is 10.3. The molecule has 2 rings (SSSR count). The SMILES string of the molecule is CC(=O)CC(=O)NCC1(c2ccccc2)CCC1. The van der Waals surface area contributed by atoms with Crippen molar-refractivity contribution in [2.75, 3.05) is 6.54 Å². The monoisotopic (exact) mass is 245 g/mol. The van der Waals surface area contributed by atoms with Crippen molar-refractivity contribution in [2.24, 2.45) is 0 Å². The van der Waals surface area contributed by atoms with Gasteiger partial charge in [-0.1, -0.05) is 36.8 Å². The maximum absolute atomic E-state index is 11.5. The van der Waals surface area contributed by atoms with Crippen LogP contribution in [-0.4, -0.2) is 18.2 Å². The number of Topliss-reactive ketones (excluding diaryl/α,β-unsaturated/α-hetero) is 1. The van der Waals surface area contributed by atoms with Crippen molar-refractivity contribution in [2.45, 2.75) is 38.0 Å². The normalized spacial score (nSPS) is 16.7. The van der Waals surface area contributed by atoms with E-state index in [4.69, 9.17) is 0 Å². The second-order valence-corrected chi connectivity index (χ2v) is 5.16. The van der Waals surface area contributed by atoms with Gasteiger partial charge in [0.15, 0.2) is 0 Å². The number of carbonyl (C=O) groups excluding carboxylic acids is 2. The number of amides is 1. The minimum absolute atomic E-state index is 0.00906. The minimum atomic E-state index is -0.162. The molecule has 1 aromatic carbocycles. The summed E-state index contributed by atoms with van der Waals surface area (Å²) >= 11 is 0. The molecule has 1 fully saturated rings. The number of hydrogen-bond donors (Lipinski definition) is 1. The van der Waals surface area contributed by atoms with Gasteiger partial charge in [-0.05, 0) is 25.3 Å². The summed E-state index contributed by atoms with van der Waals surface area (Å²) in [6.45, 7) is 2.08. The molecule has 1 N–H and O–H groups in total. The second-order valence-electron chi connectivity index (χ2n) is 5.16. The fourth-order valence-electron chi connectivity index (χ4n) is 2.52. The fraction of sp³-hybridized carbons (Fsp3) is 0.467. The van der Waals surface area contributed by atoms with Crippen molar-refractivity contribution in [1.82, 2.24) is 5.32 Å². The first-order valence-corrected chi connectivity index (χ1v) is 6.44. The first kappa shape index (κ1) is 12.8. The molecular formula is C15H19NO2. The zero-order valence-electron chi connectivity index (χ0n) is 10.7. The molecule has 0 saturated heterocycles. The molecule has 1 aliphatic rings. The Kier molecular flexibility index (Phi) is 3.80. The van der Waals surface area contributed by atoms with Crippen LogP contribution in [0.25, 0.3) is 0 Å². The Hall–Kier alpha value is -1.64. The standard InChI is InChI=1S/C15H19NO2/c1-12(17)10-14(18)16-11-15(8-5-9-15)13-6-3-2-4-7-13/h2-4,6-7H,5,8-11H2,1H3,(H,16,18). The molecule has 0 spiro atoms. The van der Waals surface area contributed by atoms with Gasteiger partial charge in [0.2, 0.25) is 5.91 Å². The first-order chi connectivity index (χ1) is 8.62. The summed E-state index contributed by atoms with van der Waals surface area (Å²) in [5.41, 5.74) is 1.38. The van der Waals surface area contributed by atoms with Gasteiger partial charge >= 0.3 is 0 Å². The zero-order chi connectivity index (χ0) is 13.0. The van der Waals surface area contributed by atoms with Crippen molar-refractivity contribution in [3.63, 3.8) is 0 Å². The predicted molar refractivity (Wildman–Crippen MR) is 70.3 cm³/mol. The van der Waals surface area contributed by atoms with Crippen LogP contribution in [0.1, 0.15) is 38.2 Å². The molecular weight excluding hydrogens is 226 g/mol. The molecule has 0 unspecified atom stereocenters. The van der Waals surface area contributed by atoms with Gasteiger partial charge < -0.3 is 5.32 Å². The summed E-state index contributed by atoms with van der Waals surface area (Å²) in [6.07, 6.45) is 3.41. The highest BCUT2D eigenvalue weighted by Crippen LogP contribution is 2.43. The third-order valence-electron chi connectivity index (χ3n) is 3.73. The molecule has 3 nitrogen and oxygen atoms in total. The minimum Gasteiger partial charge on any atom is -0.355 e. The number of ketones is 1. The molecule has 0 aliphatic heterocycles. The zero-order valence-corrected chi connectivity index (χ0v) is 10.7. The summed E-state index contributed by atoms with van der Waals surface area (Å²) in [5, 5.41) is 2.90. The average molecular weight is 245 g/mol. The van der Waals surface area contributed by atoms with E-state index >= 15 is 0 Å². The van der Waals surface area contributed by atoms with Gasteiger partial charge in [-0.15, -0.1) is 0 Å². The van der Waals surface area contributed by atoms with Gasteiger partial charge in [0.25, 0.3) is 0 Å². The average Bonchev–Trinajstić information content (AvgIpc) is 2.28. The van der Waals surface area contributed by atoms with Gasteiger partial charge in [0, 0.05) is 12.0 Å². The molecule has 1 aliphatic carbocycles. The van der Waals surface area contributed by atoms with E-state index in [1.54, 1.807) is 0 Å². The van der Waals surface area contributed by atoms with E-state index in [1.807, 2.05) is 18.2 Å². The van der Waals surface area contributed by atoms with Crippen molar-refractivity contribution < 1.29 is 9.59 Å². The van der Waals surface area contributed by atoms with Crippen LogP contribution in [-0.2, 0) is 15.0 Å². The van der Waals surface area contributed by atoms with Crippen molar-refractivity contribution in [3.05, 3.63) is 35.9 Å². The third kappa shape index (κ3) is 2.78. The van der Waals surface area contributed by atoms with E-state index in [1.165, 1.54) is 18.9 Å². The molecule has 0 heterocycles. The lowest BCUT2D eigenvalue weighted by molar-refractivity contribution is -0.127. The van der Waals surface area contributed by atoms with Crippen molar-refractivity contribution in [3.8, 4) is 0 Å². The van der Waals surface area contributed by atoms with Crippen LogP contribution in [0.4, 0.5) is 0 Å². The van der Waals surface area contributed by atoms with Crippen LogP contribution in [0, 0.1) is 0 Å². The number of carbonyl (C=O) groups is 2. The molecule has 96 valence electrons. The Morgan fingerprint density at radius 2 is 1.89 bits per heavy atom. The van der Waals surface area contributed by atoms with E-state index in [0.29, 0.717) is 6.54 Å². The largest absolute Gasteiger partial charge is 0.355 e. The summed E-state index contributed by atoms with van der Waals surface area (Å²) < 4.78 is 0. The maximum Gasteiger partial charge on any atom is 0.227 e.